The van der Waals surface area contributed by atoms with E-state index in [9.17, 15) is 0 Å². The zero-order valence-corrected chi connectivity index (χ0v) is 7.97. The van der Waals surface area contributed by atoms with E-state index in [0.717, 1.165) is 0 Å². The summed E-state index contributed by atoms with van der Waals surface area (Å²) in [5.41, 5.74) is 0. The van der Waals surface area contributed by atoms with Crippen molar-refractivity contribution in [1.29, 1.82) is 0 Å². The molecule has 1 aromatic rings. The van der Waals surface area contributed by atoms with Gasteiger partial charge in [-0.05, 0) is 0 Å². The zero-order valence-electron chi connectivity index (χ0n) is 3.99. The van der Waals surface area contributed by atoms with E-state index in [2.05, 4.69) is 12.6 Å². The van der Waals surface area contributed by atoms with Crippen molar-refractivity contribution in [3.8, 4) is 0 Å². The maximum absolute atomic E-state index is 5.62. The van der Waals surface area contributed by atoms with Crippen LogP contribution in [0, 0.1) is 0 Å². The van der Waals surface area contributed by atoms with Crippen LogP contribution in [0.1, 0.15) is 0 Å². The average Bonchev–Trinajstić information content (AvgIpc) is 1.98. The third-order valence-corrected chi connectivity index (χ3v) is 3.74. The predicted octanol–water partition coefficient (Wildman–Crippen LogP) is 4.00. The minimum absolute atomic E-state index is 0.397. The first-order valence-electron chi connectivity index (χ1n) is 1.95. The van der Waals surface area contributed by atoms with Crippen molar-refractivity contribution < 1.29 is 0 Å². The second-order valence-electron chi connectivity index (χ2n) is 1.31. The molecule has 1 heterocycles. The highest BCUT2D eigenvalue weighted by Crippen LogP contribution is 2.41. The van der Waals surface area contributed by atoms with Gasteiger partial charge in [0.1, 0.15) is 4.34 Å². The molecule has 1 aromatic heterocycles. The van der Waals surface area contributed by atoms with E-state index in [4.69, 9.17) is 34.8 Å². The van der Waals surface area contributed by atoms with Crippen LogP contribution in [0.25, 0.3) is 0 Å². The molecule has 0 saturated carbocycles. The molecule has 1 rings (SSSR count). The first-order valence-corrected chi connectivity index (χ1v) is 4.35. The Morgan fingerprint density at radius 2 is 1.67 bits per heavy atom. The molecule has 0 radical (unpaired) electrons. The molecule has 0 aliphatic carbocycles. The van der Waals surface area contributed by atoms with Gasteiger partial charge in [-0.15, -0.1) is 24.0 Å². The van der Waals surface area contributed by atoms with E-state index in [0.29, 0.717) is 18.6 Å². The summed E-state index contributed by atoms with van der Waals surface area (Å²) in [4.78, 5) is 0. The molecular formula is C4HCl3S2. The van der Waals surface area contributed by atoms with Gasteiger partial charge < -0.3 is 0 Å². The Morgan fingerprint density at radius 1 is 1.11 bits per heavy atom. The molecule has 0 aliphatic heterocycles. The van der Waals surface area contributed by atoms with Gasteiger partial charge in [-0.3, -0.25) is 0 Å². The summed E-state index contributed by atoms with van der Waals surface area (Å²) in [7, 11) is 0. The fraction of sp³-hybridized carbons (Fsp3) is 0. The van der Waals surface area contributed by atoms with Gasteiger partial charge in [0, 0.05) is 0 Å². The van der Waals surface area contributed by atoms with Crippen molar-refractivity contribution >= 4 is 58.8 Å². The molecule has 0 N–H and O–H groups in total. The normalized spacial score (nSPS) is 10.2. The molecular weight excluding hydrogens is 219 g/mol. The highest BCUT2D eigenvalue weighted by molar-refractivity contribution is 7.83. The highest BCUT2D eigenvalue weighted by atomic mass is 35.5. The number of rotatable bonds is 0. The first kappa shape index (κ1) is 8.02. The van der Waals surface area contributed by atoms with Crippen LogP contribution < -0.4 is 0 Å². The molecule has 0 saturated heterocycles. The van der Waals surface area contributed by atoms with E-state index in [1.54, 1.807) is 0 Å². The van der Waals surface area contributed by atoms with E-state index < -0.39 is 0 Å². The smallest absolute Gasteiger partial charge is 0.114 e. The number of hydrogen-bond donors (Lipinski definition) is 1. The summed E-state index contributed by atoms with van der Waals surface area (Å²) in [5.74, 6) is 0. The zero-order chi connectivity index (χ0) is 7.02. The molecule has 50 valence electrons. The Morgan fingerprint density at radius 3 is 1.78 bits per heavy atom. The first-order chi connectivity index (χ1) is 4.13. The SMILES string of the molecule is Sc1sc(Cl)c(Cl)c1Cl. The molecule has 0 nitrogen and oxygen atoms in total. The largest absolute Gasteiger partial charge is 0.131 e. The maximum atomic E-state index is 5.62. The summed E-state index contributed by atoms with van der Waals surface area (Å²) >= 11 is 22.1. The van der Waals surface area contributed by atoms with Crippen molar-refractivity contribution in [2.75, 3.05) is 0 Å². The monoisotopic (exact) mass is 218 g/mol. The fourth-order valence-corrected chi connectivity index (χ4v) is 2.43. The summed E-state index contributed by atoms with van der Waals surface area (Å²) in [6, 6.07) is 0. The lowest BCUT2D eigenvalue weighted by atomic mass is 10.6. The molecule has 0 atom stereocenters. The van der Waals surface area contributed by atoms with Crippen molar-refractivity contribution in [2.45, 2.75) is 4.21 Å². The van der Waals surface area contributed by atoms with Crippen molar-refractivity contribution in [3.63, 3.8) is 0 Å². The third kappa shape index (κ3) is 1.49. The Hall–Kier alpha value is 0.920. The fourth-order valence-electron chi connectivity index (χ4n) is 0.355. The standard InChI is InChI=1S/C4HCl3S2/c5-1-2(6)4(8)9-3(1)7/h8H. The van der Waals surface area contributed by atoms with Crippen molar-refractivity contribution in [3.05, 3.63) is 14.4 Å². The van der Waals surface area contributed by atoms with Crippen LogP contribution in [0.15, 0.2) is 4.21 Å². The lowest BCUT2D eigenvalue weighted by molar-refractivity contribution is 1.75. The maximum Gasteiger partial charge on any atom is 0.114 e. The Labute approximate surface area is 77.1 Å². The number of thiol groups is 1. The van der Waals surface area contributed by atoms with Crippen LogP contribution in [-0.4, -0.2) is 0 Å². The highest BCUT2D eigenvalue weighted by Gasteiger charge is 2.09. The van der Waals surface area contributed by atoms with Gasteiger partial charge in [0.15, 0.2) is 0 Å². The second-order valence-corrected chi connectivity index (χ2v) is 4.44. The lowest BCUT2D eigenvalue weighted by Crippen LogP contribution is -1.53. The van der Waals surface area contributed by atoms with Gasteiger partial charge in [-0.1, -0.05) is 34.8 Å². The van der Waals surface area contributed by atoms with E-state index in [1.807, 2.05) is 0 Å². The summed E-state index contributed by atoms with van der Waals surface area (Å²) in [5, 5.41) is 0.836. The summed E-state index contributed by atoms with van der Waals surface area (Å²) in [6.45, 7) is 0. The van der Waals surface area contributed by atoms with Crippen LogP contribution in [-0.2, 0) is 0 Å². The van der Waals surface area contributed by atoms with Gasteiger partial charge in [0.05, 0.1) is 14.3 Å². The summed E-state index contributed by atoms with van der Waals surface area (Å²) in [6.07, 6.45) is 0. The lowest BCUT2D eigenvalue weighted by Gasteiger charge is -1.81. The van der Waals surface area contributed by atoms with Crippen molar-refractivity contribution in [2.24, 2.45) is 0 Å². The third-order valence-electron chi connectivity index (χ3n) is 0.739. The van der Waals surface area contributed by atoms with Gasteiger partial charge in [0.2, 0.25) is 0 Å². The minimum Gasteiger partial charge on any atom is -0.131 e. The van der Waals surface area contributed by atoms with E-state index >= 15 is 0 Å². The molecule has 0 aromatic carbocycles. The Balaban J connectivity index is 3.29. The molecule has 0 unspecified atom stereocenters. The number of hydrogen-bond acceptors (Lipinski definition) is 2. The molecule has 9 heavy (non-hydrogen) atoms. The van der Waals surface area contributed by atoms with Crippen molar-refractivity contribution in [1.82, 2.24) is 0 Å². The predicted molar refractivity (Wildman–Crippen MR) is 46.6 cm³/mol. The van der Waals surface area contributed by atoms with Crippen LogP contribution in [0.3, 0.4) is 0 Å². The molecule has 0 fully saturated rings. The number of halogens is 3. The molecule has 0 aliphatic rings. The quantitative estimate of drug-likeness (QED) is 0.627. The van der Waals surface area contributed by atoms with E-state index in [-0.39, 0.29) is 0 Å². The topological polar surface area (TPSA) is 0 Å². The van der Waals surface area contributed by atoms with Gasteiger partial charge in [-0.25, -0.2) is 0 Å². The second kappa shape index (κ2) is 2.89. The Bertz CT molecular complexity index is 207. The molecule has 0 spiro atoms. The minimum atomic E-state index is 0.397. The molecule has 0 bridgehead atoms. The Kier molecular flexibility index (Phi) is 2.57. The summed E-state index contributed by atoms with van der Waals surface area (Å²) < 4.78 is 1.15. The van der Waals surface area contributed by atoms with Crippen LogP contribution >= 0.6 is 58.8 Å². The van der Waals surface area contributed by atoms with Crippen LogP contribution in [0.4, 0.5) is 0 Å². The average molecular weight is 220 g/mol. The van der Waals surface area contributed by atoms with Crippen LogP contribution in [0.2, 0.25) is 14.4 Å². The van der Waals surface area contributed by atoms with Crippen LogP contribution in [0.5, 0.6) is 0 Å². The van der Waals surface area contributed by atoms with Gasteiger partial charge in [0.25, 0.3) is 0 Å². The molecule has 5 heteroatoms. The van der Waals surface area contributed by atoms with Gasteiger partial charge in [-0.2, -0.15) is 0 Å². The molecule has 0 amide bonds. The number of thiophene rings is 1. The van der Waals surface area contributed by atoms with E-state index in [1.165, 1.54) is 11.3 Å². The van der Waals surface area contributed by atoms with Gasteiger partial charge >= 0.3 is 0 Å².